The summed E-state index contributed by atoms with van der Waals surface area (Å²) in [6.07, 6.45) is 4.78. The summed E-state index contributed by atoms with van der Waals surface area (Å²) in [6, 6.07) is 10.8. The smallest absolute Gasteiger partial charge is 0.291 e. The zero-order valence-corrected chi connectivity index (χ0v) is 11.7. The van der Waals surface area contributed by atoms with Crippen molar-refractivity contribution in [3.05, 3.63) is 71.4 Å². The number of nitrogens with one attached hydrogen (secondary N) is 1. The number of anilines is 1. The van der Waals surface area contributed by atoms with Crippen LogP contribution < -0.4 is 5.32 Å². The van der Waals surface area contributed by atoms with Crippen LogP contribution in [-0.2, 0) is 6.54 Å². The Morgan fingerprint density at radius 2 is 2.14 bits per heavy atom. The van der Waals surface area contributed by atoms with Gasteiger partial charge in [0.2, 0.25) is 0 Å². The number of furan rings is 1. The molecule has 0 aliphatic rings. The van der Waals surface area contributed by atoms with E-state index in [1.54, 1.807) is 29.2 Å². The van der Waals surface area contributed by atoms with E-state index in [1.165, 1.54) is 6.26 Å². The molecule has 3 rings (SSSR count). The van der Waals surface area contributed by atoms with E-state index in [-0.39, 0.29) is 11.7 Å². The van der Waals surface area contributed by atoms with Crippen LogP contribution in [-0.4, -0.2) is 15.7 Å². The fourth-order valence-corrected chi connectivity index (χ4v) is 2.11. The van der Waals surface area contributed by atoms with Crippen LogP contribution in [0.15, 0.2) is 59.5 Å². The number of hydrogen-bond acceptors (Lipinski definition) is 3. The Kier molecular flexibility index (Phi) is 3.75. The Morgan fingerprint density at radius 3 is 2.90 bits per heavy atom. The van der Waals surface area contributed by atoms with Gasteiger partial charge in [-0.25, -0.2) is 0 Å². The van der Waals surface area contributed by atoms with E-state index in [1.807, 2.05) is 24.3 Å². The standard InChI is InChI=1S/C15H12ClN3O2/c16-13-5-2-1-4-11(13)9-19-10-12(8-17-19)18-15(20)14-6-3-7-21-14/h1-8,10H,9H2,(H,18,20). The van der Waals surface area contributed by atoms with Gasteiger partial charge in [0.1, 0.15) is 0 Å². The summed E-state index contributed by atoms with van der Waals surface area (Å²) in [4.78, 5) is 11.8. The summed E-state index contributed by atoms with van der Waals surface area (Å²) in [5, 5.41) is 7.60. The van der Waals surface area contributed by atoms with Crippen LogP contribution in [0, 0.1) is 0 Å². The Balaban J connectivity index is 1.69. The van der Waals surface area contributed by atoms with Crippen LogP contribution in [0.25, 0.3) is 0 Å². The molecule has 1 amide bonds. The summed E-state index contributed by atoms with van der Waals surface area (Å²) >= 11 is 6.11. The minimum atomic E-state index is -0.308. The lowest BCUT2D eigenvalue weighted by Crippen LogP contribution is -2.10. The first-order valence-corrected chi connectivity index (χ1v) is 6.71. The molecule has 5 nitrogen and oxygen atoms in total. The van der Waals surface area contributed by atoms with Crippen LogP contribution in [0.5, 0.6) is 0 Å². The minimum Gasteiger partial charge on any atom is -0.459 e. The van der Waals surface area contributed by atoms with E-state index in [9.17, 15) is 4.79 Å². The van der Waals surface area contributed by atoms with Crippen molar-refractivity contribution in [2.24, 2.45) is 0 Å². The van der Waals surface area contributed by atoms with E-state index >= 15 is 0 Å². The highest BCUT2D eigenvalue weighted by Gasteiger charge is 2.10. The zero-order valence-electron chi connectivity index (χ0n) is 11.0. The molecule has 0 saturated heterocycles. The first kappa shape index (κ1) is 13.5. The predicted octanol–water partition coefficient (Wildman–Crippen LogP) is 3.43. The normalized spacial score (nSPS) is 10.5. The third-order valence-corrected chi connectivity index (χ3v) is 3.29. The number of hydrogen-bond donors (Lipinski definition) is 1. The molecule has 0 spiro atoms. The summed E-state index contributed by atoms with van der Waals surface area (Å²) in [5.41, 5.74) is 1.56. The lowest BCUT2D eigenvalue weighted by atomic mass is 10.2. The molecule has 0 saturated carbocycles. The van der Waals surface area contributed by atoms with E-state index in [0.29, 0.717) is 17.3 Å². The first-order valence-electron chi connectivity index (χ1n) is 6.33. The molecule has 0 radical (unpaired) electrons. The Morgan fingerprint density at radius 1 is 1.29 bits per heavy atom. The van der Waals surface area contributed by atoms with Crippen LogP contribution >= 0.6 is 11.6 Å². The Hall–Kier alpha value is -2.53. The van der Waals surface area contributed by atoms with Crippen molar-refractivity contribution >= 4 is 23.2 Å². The third kappa shape index (κ3) is 3.14. The van der Waals surface area contributed by atoms with Gasteiger partial charge in [0.15, 0.2) is 5.76 Å². The lowest BCUT2D eigenvalue weighted by Gasteiger charge is -2.03. The van der Waals surface area contributed by atoms with Gasteiger partial charge in [-0.2, -0.15) is 5.10 Å². The van der Waals surface area contributed by atoms with Crippen molar-refractivity contribution in [3.8, 4) is 0 Å². The van der Waals surface area contributed by atoms with Crippen molar-refractivity contribution in [3.63, 3.8) is 0 Å². The Bertz CT molecular complexity index is 750. The highest BCUT2D eigenvalue weighted by atomic mass is 35.5. The molecule has 21 heavy (non-hydrogen) atoms. The third-order valence-electron chi connectivity index (χ3n) is 2.93. The molecule has 1 aromatic carbocycles. The second-order valence-electron chi connectivity index (χ2n) is 4.45. The van der Waals surface area contributed by atoms with Gasteiger partial charge in [-0.1, -0.05) is 29.8 Å². The molecule has 0 unspecified atom stereocenters. The van der Waals surface area contributed by atoms with Crippen molar-refractivity contribution in [2.75, 3.05) is 5.32 Å². The molecule has 3 aromatic rings. The number of aromatic nitrogens is 2. The topological polar surface area (TPSA) is 60.1 Å². The highest BCUT2D eigenvalue weighted by molar-refractivity contribution is 6.31. The second-order valence-corrected chi connectivity index (χ2v) is 4.86. The molecule has 2 aromatic heterocycles. The first-order chi connectivity index (χ1) is 10.2. The van der Waals surface area contributed by atoms with Gasteiger partial charge < -0.3 is 9.73 Å². The summed E-state index contributed by atoms with van der Waals surface area (Å²) in [6.45, 7) is 0.538. The molecule has 6 heteroatoms. The minimum absolute atomic E-state index is 0.258. The molecule has 0 atom stereocenters. The van der Waals surface area contributed by atoms with Gasteiger partial charge in [0.25, 0.3) is 5.91 Å². The maximum absolute atomic E-state index is 11.8. The SMILES string of the molecule is O=C(Nc1cnn(Cc2ccccc2Cl)c1)c1ccco1. The monoisotopic (exact) mass is 301 g/mol. The molecule has 0 aliphatic carbocycles. The van der Waals surface area contributed by atoms with Crippen LogP contribution in [0.4, 0.5) is 5.69 Å². The zero-order chi connectivity index (χ0) is 14.7. The van der Waals surface area contributed by atoms with Crippen LogP contribution in [0.1, 0.15) is 16.1 Å². The van der Waals surface area contributed by atoms with Gasteiger partial charge >= 0.3 is 0 Å². The van der Waals surface area contributed by atoms with Crippen LogP contribution in [0.3, 0.4) is 0 Å². The van der Waals surface area contributed by atoms with Crippen molar-refractivity contribution in [1.82, 2.24) is 9.78 Å². The summed E-state index contributed by atoms with van der Waals surface area (Å²) in [5.74, 6) is -0.0499. The number of carbonyl (C=O) groups is 1. The molecule has 1 N–H and O–H groups in total. The molecule has 106 valence electrons. The van der Waals surface area contributed by atoms with E-state index in [0.717, 1.165) is 5.56 Å². The molecule has 2 heterocycles. The number of amides is 1. The quantitative estimate of drug-likeness (QED) is 0.803. The lowest BCUT2D eigenvalue weighted by molar-refractivity contribution is 0.0996. The van der Waals surface area contributed by atoms with Gasteiger partial charge in [0.05, 0.1) is 24.7 Å². The summed E-state index contributed by atoms with van der Waals surface area (Å²) in [7, 11) is 0. The molecular weight excluding hydrogens is 290 g/mol. The number of rotatable bonds is 4. The van der Waals surface area contributed by atoms with E-state index in [2.05, 4.69) is 10.4 Å². The van der Waals surface area contributed by atoms with Crippen molar-refractivity contribution in [2.45, 2.75) is 6.54 Å². The van der Waals surface area contributed by atoms with Gasteiger partial charge in [-0.15, -0.1) is 0 Å². The molecular formula is C15H12ClN3O2. The van der Waals surface area contributed by atoms with Crippen LogP contribution in [0.2, 0.25) is 5.02 Å². The van der Waals surface area contributed by atoms with Crippen molar-refractivity contribution < 1.29 is 9.21 Å². The number of carbonyl (C=O) groups excluding carboxylic acids is 1. The maximum atomic E-state index is 11.8. The van der Waals surface area contributed by atoms with E-state index in [4.69, 9.17) is 16.0 Å². The number of halogens is 1. The van der Waals surface area contributed by atoms with Gasteiger partial charge in [0, 0.05) is 11.2 Å². The highest BCUT2D eigenvalue weighted by Crippen LogP contribution is 2.17. The largest absolute Gasteiger partial charge is 0.459 e. The van der Waals surface area contributed by atoms with E-state index < -0.39 is 0 Å². The number of nitrogens with zero attached hydrogens (tertiary/aromatic N) is 2. The fourth-order valence-electron chi connectivity index (χ4n) is 1.92. The predicted molar refractivity (Wildman–Crippen MR) is 79.4 cm³/mol. The molecule has 0 fully saturated rings. The summed E-state index contributed by atoms with van der Waals surface area (Å²) < 4.78 is 6.74. The maximum Gasteiger partial charge on any atom is 0.291 e. The average molecular weight is 302 g/mol. The molecule has 0 bridgehead atoms. The number of benzene rings is 1. The van der Waals surface area contributed by atoms with Gasteiger partial charge in [-0.05, 0) is 23.8 Å². The van der Waals surface area contributed by atoms with Gasteiger partial charge in [-0.3, -0.25) is 9.48 Å². The Labute approximate surface area is 126 Å². The van der Waals surface area contributed by atoms with Crippen molar-refractivity contribution in [1.29, 1.82) is 0 Å². The fraction of sp³-hybridized carbons (Fsp3) is 0.0667. The second kappa shape index (κ2) is 5.85. The average Bonchev–Trinajstić information content (AvgIpc) is 3.13. The molecule has 0 aliphatic heterocycles.